The molecule has 0 radical (unpaired) electrons. The van der Waals surface area contributed by atoms with E-state index >= 15 is 0 Å². The van der Waals surface area contributed by atoms with E-state index < -0.39 is 10.0 Å². The van der Waals surface area contributed by atoms with Gasteiger partial charge < -0.3 is 10.3 Å². The van der Waals surface area contributed by atoms with Crippen molar-refractivity contribution in [1.29, 1.82) is 0 Å². The van der Waals surface area contributed by atoms with E-state index in [-0.39, 0.29) is 4.90 Å². The molecule has 0 saturated carbocycles. The lowest BCUT2D eigenvalue weighted by Gasteiger charge is -2.26. The maximum Gasteiger partial charge on any atom is 0.254 e. The number of nitrogens with one attached hydrogen (secondary N) is 1. The molecule has 7 heteroatoms. The van der Waals surface area contributed by atoms with Gasteiger partial charge in [-0.15, -0.1) is 4.83 Å². The van der Waals surface area contributed by atoms with Gasteiger partial charge in [0.2, 0.25) is 0 Å². The normalized spacial score (nSPS) is 18.1. The molecule has 0 atom stereocenters. The highest BCUT2D eigenvalue weighted by molar-refractivity contribution is 7.89. The molecule has 0 aliphatic carbocycles. The number of hydrazine groups is 1. The number of hydrogen-bond acceptors (Lipinski definition) is 4. The van der Waals surface area contributed by atoms with E-state index in [2.05, 4.69) is 4.83 Å². The number of hydrogen-bond donors (Lipinski definition) is 2. The zero-order chi connectivity index (χ0) is 13.2. The van der Waals surface area contributed by atoms with E-state index in [1.807, 2.05) is 0 Å². The van der Waals surface area contributed by atoms with Crippen LogP contribution in [-0.2, 0) is 23.6 Å². The Morgan fingerprint density at radius 3 is 2.56 bits per heavy atom. The number of aryl methyl sites for hydroxylation is 1. The fourth-order valence-corrected chi connectivity index (χ4v) is 3.35. The lowest BCUT2D eigenvalue weighted by Crippen LogP contribution is -2.44. The van der Waals surface area contributed by atoms with Gasteiger partial charge >= 0.3 is 0 Å². The van der Waals surface area contributed by atoms with Crippen LogP contribution in [0.3, 0.4) is 0 Å². The highest BCUT2D eigenvalue weighted by Gasteiger charge is 2.21. The van der Waals surface area contributed by atoms with Gasteiger partial charge in [-0.2, -0.15) is 0 Å². The first-order chi connectivity index (χ1) is 8.53. The highest BCUT2D eigenvalue weighted by Crippen LogP contribution is 2.15. The Labute approximate surface area is 108 Å². The van der Waals surface area contributed by atoms with Crippen molar-refractivity contribution >= 4 is 10.0 Å². The van der Waals surface area contributed by atoms with Crippen LogP contribution >= 0.6 is 0 Å². The molecule has 1 aliphatic rings. The predicted octanol–water partition coefficient (Wildman–Crippen LogP) is 0.163. The van der Waals surface area contributed by atoms with Gasteiger partial charge in [0, 0.05) is 38.6 Å². The summed E-state index contributed by atoms with van der Waals surface area (Å²) >= 11 is 0. The summed E-state index contributed by atoms with van der Waals surface area (Å²) in [7, 11) is -1.68. The molecule has 0 bridgehead atoms. The van der Waals surface area contributed by atoms with E-state index in [9.17, 15) is 8.42 Å². The van der Waals surface area contributed by atoms with Crippen molar-refractivity contribution < 1.29 is 8.42 Å². The van der Waals surface area contributed by atoms with Crippen LogP contribution in [0.2, 0.25) is 0 Å². The zero-order valence-electron chi connectivity index (χ0n) is 10.6. The van der Waals surface area contributed by atoms with E-state index in [1.165, 1.54) is 6.42 Å². The predicted molar refractivity (Wildman–Crippen MR) is 69.0 cm³/mol. The van der Waals surface area contributed by atoms with E-state index in [0.717, 1.165) is 31.6 Å². The van der Waals surface area contributed by atoms with Gasteiger partial charge in [0.25, 0.3) is 10.0 Å². The minimum absolute atomic E-state index is 0.274. The molecule has 18 heavy (non-hydrogen) atoms. The van der Waals surface area contributed by atoms with Crippen LogP contribution in [0.15, 0.2) is 17.2 Å². The zero-order valence-corrected chi connectivity index (χ0v) is 11.4. The third-order valence-electron chi connectivity index (χ3n) is 3.21. The Balaban J connectivity index is 2.13. The van der Waals surface area contributed by atoms with Crippen LogP contribution in [-0.4, -0.2) is 31.1 Å². The highest BCUT2D eigenvalue weighted by atomic mass is 32.2. The van der Waals surface area contributed by atoms with Gasteiger partial charge in [-0.3, -0.25) is 0 Å². The average Bonchev–Trinajstić information content (AvgIpc) is 2.72. The molecule has 2 rings (SSSR count). The summed E-state index contributed by atoms with van der Waals surface area (Å²) in [5, 5.41) is 1.77. The van der Waals surface area contributed by atoms with Crippen molar-refractivity contribution in [1.82, 2.24) is 14.4 Å². The molecule has 102 valence electrons. The largest absolute Gasteiger partial charge is 0.352 e. The van der Waals surface area contributed by atoms with Gasteiger partial charge in [-0.05, 0) is 18.9 Å². The summed E-state index contributed by atoms with van der Waals surface area (Å²) in [6.07, 6.45) is 4.83. The van der Waals surface area contributed by atoms with Crippen LogP contribution in [0.4, 0.5) is 0 Å². The number of nitrogens with zero attached hydrogens (tertiary/aromatic N) is 2. The summed E-state index contributed by atoms with van der Waals surface area (Å²) in [4.78, 5) is 2.90. The van der Waals surface area contributed by atoms with Crippen LogP contribution < -0.4 is 10.6 Å². The Hall–Kier alpha value is -0.890. The molecular formula is C11H20N4O2S. The van der Waals surface area contributed by atoms with E-state index in [1.54, 1.807) is 28.9 Å². The van der Waals surface area contributed by atoms with Gasteiger partial charge in [0.1, 0.15) is 4.90 Å². The molecule has 1 saturated heterocycles. The topological polar surface area (TPSA) is 80.4 Å². The smallest absolute Gasteiger partial charge is 0.254 e. The molecule has 0 unspecified atom stereocenters. The minimum Gasteiger partial charge on any atom is -0.352 e. The second-order valence-electron chi connectivity index (χ2n) is 4.62. The Morgan fingerprint density at radius 1 is 1.33 bits per heavy atom. The van der Waals surface area contributed by atoms with Crippen LogP contribution in [0, 0.1) is 0 Å². The lowest BCUT2D eigenvalue weighted by atomic mass is 10.2. The molecule has 0 amide bonds. The van der Waals surface area contributed by atoms with Crippen LogP contribution in [0.1, 0.15) is 25.0 Å². The van der Waals surface area contributed by atoms with E-state index in [0.29, 0.717) is 6.54 Å². The van der Waals surface area contributed by atoms with Gasteiger partial charge in [0.05, 0.1) is 0 Å². The monoisotopic (exact) mass is 272 g/mol. The molecular weight excluding hydrogens is 252 g/mol. The second-order valence-corrected chi connectivity index (χ2v) is 6.29. The Bertz CT molecular complexity index is 503. The number of piperidine rings is 1. The van der Waals surface area contributed by atoms with Crippen molar-refractivity contribution in [2.75, 3.05) is 13.1 Å². The maximum atomic E-state index is 12.2. The standard InChI is InChI=1S/C11H20N4O2S/c1-14-9-11(7-10(14)8-12)18(16,17)13-15-5-3-2-4-6-15/h7,9,13H,2-6,8,12H2,1H3. The fraction of sp³-hybridized carbons (Fsp3) is 0.636. The van der Waals surface area contributed by atoms with Gasteiger partial charge in [-0.25, -0.2) is 13.4 Å². The molecule has 1 aliphatic heterocycles. The summed E-state index contributed by atoms with van der Waals surface area (Å²) in [6, 6.07) is 1.62. The Kier molecular flexibility index (Phi) is 4.06. The van der Waals surface area contributed by atoms with E-state index in [4.69, 9.17) is 5.73 Å². The third kappa shape index (κ3) is 2.92. The fourth-order valence-electron chi connectivity index (χ4n) is 2.13. The van der Waals surface area contributed by atoms with Crippen molar-refractivity contribution in [2.24, 2.45) is 12.8 Å². The Morgan fingerprint density at radius 2 is 2.00 bits per heavy atom. The first-order valence-corrected chi connectivity index (χ1v) is 7.64. The number of rotatable bonds is 4. The number of sulfonamides is 1. The molecule has 0 spiro atoms. The van der Waals surface area contributed by atoms with Crippen molar-refractivity contribution in [3.05, 3.63) is 18.0 Å². The number of aromatic nitrogens is 1. The minimum atomic E-state index is -3.47. The summed E-state index contributed by atoms with van der Waals surface area (Å²) in [5.74, 6) is 0. The summed E-state index contributed by atoms with van der Waals surface area (Å²) in [5.41, 5.74) is 6.35. The SMILES string of the molecule is Cn1cc(S(=O)(=O)NN2CCCCC2)cc1CN. The molecule has 3 N–H and O–H groups in total. The molecule has 0 aromatic carbocycles. The first kappa shape index (κ1) is 13.5. The number of nitrogens with two attached hydrogens (primary N) is 1. The van der Waals surface area contributed by atoms with Crippen molar-refractivity contribution in [2.45, 2.75) is 30.7 Å². The van der Waals surface area contributed by atoms with Gasteiger partial charge in [0.15, 0.2) is 0 Å². The maximum absolute atomic E-state index is 12.2. The lowest BCUT2D eigenvalue weighted by molar-refractivity contribution is 0.200. The second kappa shape index (κ2) is 5.40. The third-order valence-corrected chi connectivity index (χ3v) is 4.55. The molecule has 1 aromatic heterocycles. The summed E-state index contributed by atoms with van der Waals surface area (Å²) in [6.45, 7) is 1.88. The first-order valence-electron chi connectivity index (χ1n) is 6.15. The molecule has 1 fully saturated rings. The molecule has 2 heterocycles. The van der Waals surface area contributed by atoms with Crippen LogP contribution in [0.5, 0.6) is 0 Å². The van der Waals surface area contributed by atoms with Crippen molar-refractivity contribution in [3.8, 4) is 0 Å². The van der Waals surface area contributed by atoms with Gasteiger partial charge in [-0.1, -0.05) is 6.42 Å². The summed E-state index contributed by atoms with van der Waals surface area (Å²) < 4.78 is 26.1. The average molecular weight is 272 g/mol. The molecule has 1 aromatic rings. The molecule has 6 nitrogen and oxygen atoms in total. The quantitative estimate of drug-likeness (QED) is 0.818. The van der Waals surface area contributed by atoms with Crippen molar-refractivity contribution in [3.63, 3.8) is 0 Å². The van der Waals surface area contributed by atoms with Crippen LogP contribution in [0.25, 0.3) is 0 Å².